The molecule has 0 saturated heterocycles. The summed E-state index contributed by atoms with van der Waals surface area (Å²) in [7, 11) is 0. The van der Waals surface area contributed by atoms with E-state index in [1.165, 1.54) is 0 Å². The van der Waals surface area contributed by atoms with E-state index in [1.807, 2.05) is 11.5 Å². The molecule has 0 radical (unpaired) electrons. The predicted molar refractivity (Wildman–Crippen MR) is 55.9 cm³/mol. The maximum atomic E-state index is 11.2. The number of amides is 1. The minimum atomic E-state index is -0.180. The van der Waals surface area contributed by atoms with Crippen LogP contribution in [0, 0.1) is 0 Å². The molecule has 1 aromatic heterocycles. The first-order valence-electron chi connectivity index (χ1n) is 4.43. The average Bonchev–Trinajstić information content (AvgIpc) is 2.60. The van der Waals surface area contributed by atoms with Crippen molar-refractivity contribution < 1.29 is 4.79 Å². The lowest BCUT2D eigenvalue weighted by Gasteiger charge is -2.06. The first-order chi connectivity index (χ1) is 6.65. The highest BCUT2D eigenvalue weighted by Crippen LogP contribution is 1.98. The first-order valence-corrected chi connectivity index (χ1v) is 5.35. The fraction of sp³-hybridized carbons (Fsp3) is 0.625. The molecule has 0 saturated carbocycles. The Kier molecular flexibility index (Phi) is 4.06. The smallest absolute Gasteiger partial charge is 0.233 e. The molecule has 0 aliphatic carbocycles. The van der Waals surface area contributed by atoms with Gasteiger partial charge in [0.05, 0.1) is 11.4 Å². The standard InChI is InChI=1S/C8H13BrN4O/c1-3-13-5-11-12-7(13)4-10-8(14)6(2)9/h5-6H,3-4H2,1-2H3,(H,10,14). The van der Waals surface area contributed by atoms with E-state index < -0.39 is 0 Å². The minimum absolute atomic E-state index is 0.0457. The predicted octanol–water partition coefficient (Wildman–Crippen LogP) is 0.698. The molecule has 6 heteroatoms. The third-order valence-corrected chi connectivity index (χ3v) is 2.23. The Labute approximate surface area is 91.0 Å². The van der Waals surface area contributed by atoms with Gasteiger partial charge in [-0.2, -0.15) is 0 Å². The molecule has 1 unspecified atom stereocenters. The zero-order valence-electron chi connectivity index (χ0n) is 8.20. The number of aromatic nitrogens is 3. The minimum Gasteiger partial charge on any atom is -0.348 e. The summed E-state index contributed by atoms with van der Waals surface area (Å²) in [6.07, 6.45) is 1.65. The van der Waals surface area contributed by atoms with Crippen LogP contribution in [0.2, 0.25) is 0 Å². The van der Waals surface area contributed by atoms with Crippen LogP contribution in [0.25, 0.3) is 0 Å². The van der Waals surface area contributed by atoms with E-state index in [9.17, 15) is 4.79 Å². The van der Waals surface area contributed by atoms with Crippen molar-refractivity contribution in [2.75, 3.05) is 0 Å². The van der Waals surface area contributed by atoms with Crippen LogP contribution in [0.1, 0.15) is 19.7 Å². The Bertz CT molecular complexity index is 310. The molecule has 5 nitrogen and oxygen atoms in total. The zero-order chi connectivity index (χ0) is 10.6. The zero-order valence-corrected chi connectivity index (χ0v) is 9.78. The summed E-state index contributed by atoms with van der Waals surface area (Å²) in [6, 6.07) is 0. The van der Waals surface area contributed by atoms with E-state index in [-0.39, 0.29) is 10.7 Å². The molecule has 0 fully saturated rings. The Morgan fingerprint density at radius 3 is 3.07 bits per heavy atom. The monoisotopic (exact) mass is 260 g/mol. The Morgan fingerprint density at radius 1 is 1.79 bits per heavy atom. The molecule has 1 rings (SSSR count). The number of alkyl halides is 1. The van der Waals surface area contributed by atoms with Crippen molar-refractivity contribution in [2.24, 2.45) is 0 Å². The van der Waals surface area contributed by atoms with Crippen LogP contribution in [0.5, 0.6) is 0 Å². The maximum absolute atomic E-state index is 11.2. The molecule has 0 aliphatic heterocycles. The van der Waals surface area contributed by atoms with Crippen LogP contribution in [0.3, 0.4) is 0 Å². The van der Waals surface area contributed by atoms with Gasteiger partial charge in [-0.05, 0) is 13.8 Å². The lowest BCUT2D eigenvalue weighted by Crippen LogP contribution is -2.29. The van der Waals surface area contributed by atoms with Crippen molar-refractivity contribution >= 4 is 21.8 Å². The molecule has 0 bridgehead atoms. The van der Waals surface area contributed by atoms with Gasteiger partial charge in [0.15, 0.2) is 5.82 Å². The van der Waals surface area contributed by atoms with Gasteiger partial charge >= 0.3 is 0 Å². The first kappa shape index (κ1) is 11.2. The summed E-state index contributed by atoms with van der Waals surface area (Å²) in [5, 5.41) is 10.4. The number of hydrogen-bond donors (Lipinski definition) is 1. The van der Waals surface area contributed by atoms with E-state index in [1.54, 1.807) is 13.3 Å². The van der Waals surface area contributed by atoms with Gasteiger partial charge in [-0.25, -0.2) is 0 Å². The summed E-state index contributed by atoms with van der Waals surface area (Å²) in [4.78, 5) is 11.0. The van der Waals surface area contributed by atoms with Crippen LogP contribution in [0.15, 0.2) is 6.33 Å². The van der Waals surface area contributed by atoms with Crippen molar-refractivity contribution in [1.82, 2.24) is 20.1 Å². The summed E-state index contributed by atoms with van der Waals surface area (Å²) in [5.74, 6) is 0.727. The van der Waals surface area contributed by atoms with Gasteiger partial charge in [-0.1, -0.05) is 15.9 Å². The third kappa shape index (κ3) is 2.80. The van der Waals surface area contributed by atoms with Gasteiger partial charge in [0.25, 0.3) is 0 Å². The van der Waals surface area contributed by atoms with Crippen molar-refractivity contribution in [1.29, 1.82) is 0 Å². The molecule has 0 aliphatic rings. The van der Waals surface area contributed by atoms with Crippen molar-refractivity contribution in [3.05, 3.63) is 12.2 Å². The number of rotatable bonds is 4. The molecule has 1 atom stereocenters. The number of aryl methyl sites for hydroxylation is 1. The second-order valence-electron chi connectivity index (χ2n) is 2.87. The summed E-state index contributed by atoms with van der Waals surface area (Å²) >= 11 is 3.18. The largest absolute Gasteiger partial charge is 0.348 e. The molecule has 1 aromatic rings. The Balaban J connectivity index is 2.49. The van der Waals surface area contributed by atoms with Crippen LogP contribution in [0.4, 0.5) is 0 Å². The Hall–Kier alpha value is -0.910. The number of nitrogens with one attached hydrogen (secondary N) is 1. The lowest BCUT2D eigenvalue weighted by atomic mass is 10.4. The number of hydrogen-bond acceptors (Lipinski definition) is 3. The van der Waals surface area contributed by atoms with Crippen molar-refractivity contribution in [2.45, 2.75) is 31.8 Å². The van der Waals surface area contributed by atoms with Gasteiger partial charge < -0.3 is 9.88 Å². The molecular weight excluding hydrogens is 248 g/mol. The highest BCUT2D eigenvalue weighted by Gasteiger charge is 2.09. The number of carbonyl (C=O) groups excluding carboxylic acids is 1. The summed E-state index contributed by atoms with van der Waals surface area (Å²) in [5.41, 5.74) is 0. The van der Waals surface area contributed by atoms with Gasteiger partial charge in [0.1, 0.15) is 6.33 Å². The van der Waals surface area contributed by atoms with Gasteiger partial charge in [0.2, 0.25) is 5.91 Å². The fourth-order valence-electron chi connectivity index (χ4n) is 0.987. The quantitative estimate of drug-likeness (QED) is 0.811. The van der Waals surface area contributed by atoms with Gasteiger partial charge in [-0.15, -0.1) is 10.2 Å². The number of halogens is 1. The second-order valence-corrected chi connectivity index (χ2v) is 4.24. The molecule has 14 heavy (non-hydrogen) atoms. The topological polar surface area (TPSA) is 59.8 Å². The molecule has 78 valence electrons. The van der Waals surface area contributed by atoms with Crippen LogP contribution >= 0.6 is 15.9 Å². The van der Waals surface area contributed by atoms with Crippen molar-refractivity contribution in [3.63, 3.8) is 0 Å². The SMILES string of the molecule is CCn1cnnc1CNC(=O)C(C)Br. The molecule has 0 aromatic carbocycles. The molecular formula is C8H13BrN4O. The molecule has 1 heterocycles. The normalized spacial score (nSPS) is 12.5. The van der Waals surface area contributed by atoms with E-state index in [4.69, 9.17) is 0 Å². The van der Waals surface area contributed by atoms with Crippen LogP contribution in [-0.2, 0) is 17.9 Å². The summed E-state index contributed by atoms with van der Waals surface area (Å²) in [6.45, 7) is 5.01. The van der Waals surface area contributed by atoms with Gasteiger partial charge in [-0.3, -0.25) is 4.79 Å². The molecule has 0 spiro atoms. The third-order valence-electron chi connectivity index (χ3n) is 1.82. The number of nitrogens with zero attached hydrogens (tertiary/aromatic N) is 3. The maximum Gasteiger partial charge on any atom is 0.233 e. The van der Waals surface area contributed by atoms with Crippen molar-refractivity contribution in [3.8, 4) is 0 Å². The Morgan fingerprint density at radius 2 is 2.50 bits per heavy atom. The second kappa shape index (κ2) is 5.09. The molecule has 1 N–H and O–H groups in total. The highest BCUT2D eigenvalue weighted by molar-refractivity contribution is 9.10. The average molecular weight is 261 g/mol. The van der Waals surface area contributed by atoms with Gasteiger partial charge in [0, 0.05) is 6.54 Å². The van der Waals surface area contributed by atoms with E-state index in [2.05, 4.69) is 31.4 Å². The summed E-state index contributed by atoms with van der Waals surface area (Å²) < 4.78 is 1.89. The van der Waals surface area contributed by atoms with Crippen LogP contribution in [-0.4, -0.2) is 25.5 Å². The highest BCUT2D eigenvalue weighted by atomic mass is 79.9. The molecule has 1 amide bonds. The number of carbonyl (C=O) groups is 1. The van der Waals surface area contributed by atoms with E-state index in [0.717, 1.165) is 12.4 Å². The van der Waals surface area contributed by atoms with Crippen LogP contribution < -0.4 is 5.32 Å². The van der Waals surface area contributed by atoms with E-state index in [0.29, 0.717) is 6.54 Å². The lowest BCUT2D eigenvalue weighted by molar-refractivity contribution is -0.120. The fourth-order valence-corrected chi connectivity index (χ4v) is 1.15. The van der Waals surface area contributed by atoms with E-state index >= 15 is 0 Å².